The summed E-state index contributed by atoms with van der Waals surface area (Å²) in [5.41, 5.74) is 0. The van der Waals surface area contributed by atoms with Gasteiger partial charge in [-0.05, 0) is 6.42 Å². The van der Waals surface area contributed by atoms with Gasteiger partial charge in [0.25, 0.3) is 0 Å². The van der Waals surface area contributed by atoms with Gasteiger partial charge in [0.15, 0.2) is 0 Å². The van der Waals surface area contributed by atoms with Gasteiger partial charge < -0.3 is 15.3 Å². The van der Waals surface area contributed by atoms with E-state index < -0.39 is 7.82 Å². The first-order chi connectivity index (χ1) is 12.1. The number of unbranched alkanes of at least 4 members (excludes halogenated alkanes) is 15. The number of phosphoric ester groups is 1. The quantitative estimate of drug-likeness (QED) is 0.160. The second-order valence-electron chi connectivity index (χ2n) is 6.63. The van der Waals surface area contributed by atoms with Gasteiger partial charge in [0, 0.05) is 0 Å². The van der Waals surface area contributed by atoms with E-state index in [9.17, 15) is 4.57 Å². The van der Waals surface area contributed by atoms with E-state index in [0.717, 1.165) is 19.3 Å². The van der Waals surface area contributed by atoms with Crippen molar-refractivity contribution in [3.05, 3.63) is 13.2 Å². The van der Waals surface area contributed by atoms with Crippen molar-refractivity contribution in [2.45, 2.75) is 110 Å². The van der Waals surface area contributed by atoms with Crippen molar-refractivity contribution in [2.75, 3.05) is 6.61 Å². The smallest absolute Gasteiger partial charge is 0.412 e. The second-order valence-corrected chi connectivity index (χ2v) is 7.87. The highest BCUT2D eigenvalue weighted by Crippen LogP contribution is 2.35. The lowest BCUT2D eigenvalue weighted by Crippen LogP contribution is -1.92. The van der Waals surface area contributed by atoms with Gasteiger partial charge in [0.05, 0.1) is 6.61 Å². The van der Waals surface area contributed by atoms with E-state index in [-0.39, 0.29) is 12.1 Å². The normalized spacial score (nSPS) is 10.7. The highest BCUT2D eigenvalue weighted by Gasteiger charge is 2.12. The fourth-order valence-corrected chi connectivity index (χ4v) is 3.20. The molecule has 0 aromatic heterocycles. The molecule has 6 heteroatoms. The molecule has 0 spiro atoms. The maximum absolute atomic E-state index is 10.5. The highest BCUT2D eigenvalue weighted by molar-refractivity contribution is 7.46. The van der Waals surface area contributed by atoms with Crippen molar-refractivity contribution in [3.8, 4) is 0 Å². The SMILES string of the molecule is C=C.CCCCCCCCCCCCCCCCCCOP(=O)(O)O.O. The summed E-state index contributed by atoms with van der Waals surface area (Å²) >= 11 is 0. The lowest BCUT2D eigenvalue weighted by Gasteiger charge is -2.05. The molecule has 0 aromatic carbocycles. The van der Waals surface area contributed by atoms with Gasteiger partial charge in [-0.2, -0.15) is 0 Å². The Kier molecular flexibility index (Phi) is 29.1. The van der Waals surface area contributed by atoms with Crippen LogP contribution in [0.5, 0.6) is 0 Å². The predicted molar refractivity (Wildman–Crippen MR) is 112 cm³/mol. The first kappa shape index (κ1) is 30.5. The van der Waals surface area contributed by atoms with Crippen LogP contribution in [-0.2, 0) is 9.09 Å². The molecule has 26 heavy (non-hydrogen) atoms. The summed E-state index contributed by atoms with van der Waals surface area (Å²) in [5.74, 6) is 0. The van der Waals surface area contributed by atoms with E-state index >= 15 is 0 Å². The standard InChI is InChI=1S/C18H39O4P.C2H4.H2O/c1-2-3-4-5-6-7-8-9-10-11-12-13-14-15-16-17-18-22-23(19,20)21;1-2;/h2-18H2,1H3,(H2,19,20,21);1-2H2;1H2. The Morgan fingerprint density at radius 2 is 0.923 bits per heavy atom. The van der Waals surface area contributed by atoms with Crippen molar-refractivity contribution in [2.24, 2.45) is 0 Å². The minimum Gasteiger partial charge on any atom is -0.412 e. The second kappa shape index (κ2) is 24.8. The van der Waals surface area contributed by atoms with Gasteiger partial charge in [-0.15, -0.1) is 13.2 Å². The summed E-state index contributed by atoms with van der Waals surface area (Å²) in [6.07, 6.45) is 20.7. The van der Waals surface area contributed by atoms with E-state index in [1.54, 1.807) is 0 Å². The first-order valence-corrected chi connectivity index (χ1v) is 11.8. The zero-order valence-corrected chi connectivity index (χ0v) is 18.0. The molecule has 0 saturated carbocycles. The Labute approximate surface area is 162 Å². The Balaban J connectivity index is -0.00000170. The molecule has 0 bridgehead atoms. The molecule has 0 aromatic rings. The average molecular weight is 397 g/mol. The van der Waals surface area contributed by atoms with Crippen molar-refractivity contribution in [3.63, 3.8) is 0 Å². The molecule has 0 saturated heterocycles. The van der Waals surface area contributed by atoms with Crippen LogP contribution in [0.3, 0.4) is 0 Å². The largest absolute Gasteiger partial charge is 0.469 e. The Hall–Kier alpha value is -0.190. The fourth-order valence-electron chi connectivity index (χ4n) is 2.83. The molecular weight excluding hydrogens is 351 g/mol. The molecule has 0 atom stereocenters. The van der Waals surface area contributed by atoms with Crippen LogP contribution in [0.15, 0.2) is 13.2 Å². The summed E-state index contributed by atoms with van der Waals surface area (Å²) in [6, 6.07) is 0. The van der Waals surface area contributed by atoms with Crippen molar-refractivity contribution in [1.29, 1.82) is 0 Å². The highest BCUT2D eigenvalue weighted by atomic mass is 31.2. The number of rotatable bonds is 18. The van der Waals surface area contributed by atoms with Gasteiger partial charge in [-0.1, -0.05) is 103 Å². The van der Waals surface area contributed by atoms with Gasteiger partial charge in [-0.3, -0.25) is 4.52 Å². The Morgan fingerprint density at radius 1 is 0.654 bits per heavy atom. The predicted octanol–water partition coefficient (Wildman–Crippen LogP) is 6.33. The summed E-state index contributed by atoms with van der Waals surface area (Å²) in [4.78, 5) is 17.1. The van der Waals surface area contributed by atoms with Crippen LogP contribution in [-0.4, -0.2) is 21.9 Å². The fraction of sp³-hybridized carbons (Fsp3) is 0.900. The molecular formula is C20H45O5P. The lowest BCUT2D eigenvalue weighted by atomic mass is 10.0. The topological polar surface area (TPSA) is 98.3 Å². The molecule has 0 rings (SSSR count). The van der Waals surface area contributed by atoms with Crippen LogP contribution in [0.25, 0.3) is 0 Å². The molecule has 0 aliphatic rings. The molecule has 4 N–H and O–H groups in total. The molecule has 5 nitrogen and oxygen atoms in total. The van der Waals surface area contributed by atoms with Crippen LogP contribution in [0.1, 0.15) is 110 Å². The third-order valence-corrected chi connectivity index (χ3v) is 4.78. The van der Waals surface area contributed by atoms with E-state index in [4.69, 9.17) is 9.79 Å². The lowest BCUT2D eigenvalue weighted by molar-refractivity contribution is 0.193. The van der Waals surface area contributed by atoms with Crippen LogP contribution >= 0.6 is 7.82 Å². The monoisotopic (exact) mass is 396 g/mol. The van der Waals surface area contributed by atoms with Gasteiger partial charge >= 0.3 is 7.82 Å². The van der Waals surface area contributed by atoms with Crippen LogP contribution in [0, 0.1) is 0 Å². The number of hydrogen-bond acceptors (Lipinski definition) is 2. The summed E-state index contributed by atoms with van der Waals surface area (Å²) in [6.45, 7) is 8.43. The van der Waals surface area contributed by atoms with Crippen LogP contribution < -0.4 is 0 Å². The van der Waals surface area contributed by atoms with E-state index in [0.29, 0.717) is 0 Å². The third kappa shape index (κ3) is 31.6. The van der Waals surface area contributed by atoms with Gasteiger partial charge in [-0.25, -0.2) is 4.57 Å². The molecule has 0 unspecified atom stereocenters. The maximum Gasteiger partial charge on any atom is 0.469 e. The average Bonchev–Trinajstić information content (AvgIpc) is 2.58. The number of hydrogen-bond donors (Lipinski definition) is 2. The molecule has 0 radical (unpaired) electrons. The molecule has 0 heterocycles. The first-order valence-electron chi connectivity index (χ1n) is 10.3. The van der Waals surface area contributed by atoms with Gasteiger partial charge in [0.1, 0.15) is 0 Å². The maximum atomic E-state index is 10.5. The van der Waals surface area contributed by atoms with E-state index in [2.05, 4.69) is 24.6 Å². The minimum atomic E-state index is -4.26. The third-order valence-electron chi connectivity index (χ3n) is 4.26. The Morgan fingerprint density at radius 3 is 1.19 bits per heavy atom. The minimum absolute atomic E-state index is 0. The molecule has 0 aliphatic carbocycles. The van der Waals surface area contributed by atoms with Crippen molar-refractivity contribution >= 4 is 7.82 Å². The molecule has 0 aliphatic heterocycles. The zero-order chi connectivity index (χ0) is 19.2. The van der Waals surface area contributed by atoms with E-state index in [1.165, 1.54) is 83.5 Å². The van der Waals surface area contributed by atoms with Gasteiger partial charge in [0.2, 0.25) is 0 Å². The van der Waals surface area contributed by atoms with Crippen LogP contribution in [0.4, 0.5) is 0 Å². The van der Waals surface area contributed by atoms with Crippen molar-refractivity contribution < 1.29 is 24.4 Å². The molecule has 0 fully saturated rings. The molecule has 0 amide bonds. The zero-order valence-electron chi connectivity index (χ0n) is 17.1. The number of phosphoric acid groups is 1. The summed E-state index contributed by atoms with van der Waals surface area (Å²) in [7, 11) is -4.26. The summed E-state index contributed by atoms with van der Waals surface area (Å²) in [5, 5.41) is 0. The molecule has 160 valence electrons. The van der Waals surface area contributed by atoms with E-state index in [1.807, 2.05) is 0 Å². The van der Waals surface area contributed by atoms with Crippen molar-refractivity contribution in [1.82, 2.24) is 0 Å². The Bertz CT molecular complexity index is 294. The van der Waals surface area contributed by atoms with Crippen LogP contribution in [0.2, 0.25) is 0 Å². The summed E-state index contributed by atoms with van der Waals surface area (Å²) < 4.78 is 14.9.